The number of aliphatic hydroxyl groups excluding tert-OH is 1. The molecule has 0 aliphatic heterocycles. The zero-order chi connectivity index (χ0) is 27.8. The Labute approximate surface area is 218 Å². The zero-order valence-electron chi connectivity index (χ0n) is 21.2. The second-order valence-corrected chi connectivity index (χ2v) is 11.0. The summed E-state index contributed by atoms with van der Waals surface area (Å²) in [6, 6.07) is 10.7. The number of hydrogen-bond acceptors (Lipinski definition) is 8. The van der Waals surface area contributed by atoms with E-state index in [0.717, 1.165) is 11.1 Å². The van der Waals surface area contributed by atoms with Crippen LogP contribution >= 0.6 is 0 Å². The molecule has 0 radical (unpaired) electrons. The number of primary amides is 1. The number of rotatable bonds is 3. The number of amides is 1. The predicted molar refractivity (Wildman–Crippen MR) is 134 cm³/mol. The smallest absolute Gasteiger partial charge is 0.235 e. The molecule has 0 bridgehead atoms. The van der Waals surface area contributed by atoms with E-state index in [1.165, 1.54) is 6.07 Å². The summed E-state index contributed by atoms with van der Waals surface area (Å²) in [5, 5.41) is 33.5. The van der Waals surface area contributed by atoms with Gasteiger partial charge in [0.1, 0.15) is 5.75 Å². The van der Waals surface area contributed by atoms with Crippen LogP contribution in [-0.2, 0) is 19.2 Å². The van der Waals surface area contributed by atoms with Crippen LogP contribution in [0, 0.1) is 23.7 Å². The fourth-order valence-corrected chi connectivity index (χ4v) is 6.73. The lowest BCUT2D eigenvalue weighted by Gasteiger charge is -2.53. The monoisotopic (exact) mass is 519 g/mol. The summed E-state index contributed by atoms with van der Waals surface area (Å²) < 4.78 is 0. The van der Waals surface area contributed by atoms with Gasteiger partial charge in [0.25, 0.3) is 0 Å². The van der Waals surface area contributed by atoms with Crippen molar-refractivity contribution in [2.24, 2.45) is 29.4 Å². The SMILES string of the molecule is CC(C)c1ccc(-c2ccc(O)c3c2[C@H](C)[C@@H]2C(C3=O)C(=O)[C@]3(O)C(=O)C(C(N)=O)C(=O)C[C@@H]3[C@H]2O)cc1. The van der Waals surface area contributed by atoms with E-state index in [4.69, 9.17) is 5.73 Å². The molecule has 0 spiro atoms. The highest BCUT2D eigenvalue weighted by Gasteiger charge is 2.70. The van der Waals surface area contributed by atoms with Gasteiger partial charge in [-0.3, -0.25) is 24.0 Å². The van der Waals surface area contributed by atoms with E-state index in [1.54, 1.807) is 13.0 Å². The maximum absolute atomic E-state index is 13.8. The first-order chi connectivity index (χ1) is 17.8. The number of benzene rings is 2. The van der Waals surface area contributed by atoms with Gasteiger partial charge in [0.05, 0.1) is 17.6 Å². The van der Waals surface area contributed by atoms with Crippen molar-refractivity contribution in [3.8, 4) is 16.9 Å². The van der Waals surface area contributed by atoms with E-state index in [2.05, 4.69) is 13.8 Å². The molecule has 2 unspecified atom stereocenters. The minimum Gasteiger partial charge on any atom is -0.507 e. The summed E-state index contributed by atoms with van der Waals surface area (Å²) in [5.41, 5.74) is 5.12. The molecule has 2 aromatic carbocycles. The fraction of sp³-hybridized carbons (Fsp3) is 0.414. The van der Waals surface area contributed by atoms with Crippen LogP contribution in [0.25, 0.3) is 11.1 Å². The maximum Gasteiger partial charge on any atom is 0.235 e. The average Bonchev–Trinajstić information content (AvgIpc) is 2.86. The molecular weight excluding hydrogens is 490 g/mol. The molecule has 5 N–H and O–H groups in total. The third-order valence-electron chi connectivity index (χ3n) is 8.73. The molecule has 2 saturated carbocycles. The van der Waals surface area contributed by atoms with Gasteiger partial charge < -0.3 is 21.1 Å². The Morgan fingerprint density at radius 2 is 1.66 bits per heavy atom. The van der Waals surface area contributed by atoms with E-state index in [9.17, 15) is 39.3 Å². The summed E-state index contributed by atoms with van der Waals surface area (Å²) in [7, 11) is 0. The van der Waals surface area contributed by atoms with E-state index >= 15 is 0 Å². The number of phenolic OH excluding ortho intramolecular Hbond substituents is 1. The van der Waals surface area contributed by atoms with Crippen molar-refractivity contribution in [3.05, 3.63) is 53.1 Å². The fourth-order valence-electron chi connectivity index (χ4n) is 6.73. The van der Waals surface area contributed by atoms with Crippen LogP contribution in [0.4, 0.5) is 0 Å². The van der Waals surface area contributed by atoms with Crippen LogP contribution < -0.4 is 5.73 Å². The maximum atomic E-state index is 13.8. The third-order valence-corrected chi connectivity index (χ3v) is 8.73. The molecule has 0 saturated heterocycles. The van der Waals surface area contributed by atoms with Crippen molar-refractivity contribution in [2.45, 2.75) is 50.7 Å². The molecule has 38 heavy (non-hydrogen) atoms. The van der Waals surface area contributed by atoms with Crippen molar-refractivity contribution < 1.29 is 39.3 Å². The van der Waals surface area contributed by atoms with Crippen molar-refractivity contribution in [1.82, 2.24) is 0 Å². The molecule has 9 heteroatoms. The Kier molecular flexibility index (Phi) is 5.92. The third kappa shape index (κ3) is 3.34. The molecule has 2 aromatic rings. The molecule has 7 atom stereocenters. The van der Waals surface area contributed by atoms with Gasteiger partial charge in [0, 0.05) is 18.3 Å². The minimum absolute atomic E-state index is 0.113. The number of Topliss-reactive ketones (excluding diaryl/α,β-unsaturated/α-hetero) is 4. The Morgan fingerprint density at radius 3 is 2.24 bits per heavy atom. The van der Waals surface area contributed by atoms with Crippen LogP contribution in [0.5, 0.6) is 5.75 Å². The van der Waals surface area contributed by atoms with Gasteiger partial charge in [-0.05, 0) is 40.2 Å². The topological polar surface area (TPSA) is 172 Å². The first kappa shape index (κ1) is 25.9. The molecular formula is C29H29NO8. The van der Waals surface area contributed by atoms with Crippen molar-refractivity contribution in [1.29, 1.82) is 0 Å². The van der Waals surface area contributed by atoms with Gasteiger partial charge in [-0.2, -0.15) is 0 Å². The van der Waals surface area contributed by atoms with Gasteiger partial charge in [-0.15, -0.1) is 0 Å². The van der Waals surface area contributed by atoms with Crippen molar-refractivity contribution >= 4 is 29.0 Å². The molecule has 1 amide bonds. The Morgan fingerprint density at radius 1 is 1.03 bits per heavy atom. The number of aromatic hydroxyl groups is 1. The second-order valence-electron chi connectivity index (χ2n) is 11.0. The van der Waals surface area contributed by atoms with E-state index in [0.29, 0.717) is 17.0 Å². The summed E-state index contributed by atoms with van der Waals surface area (Å²) in [5.74, 6) is -12.7. The normalized spacial score (nSPS) is 32.6. The number of carbonyl (C=O) groups is 5. The molecule has 3 aliphatic rings. The number of ketones is 4. The lowest BCUT2D eigenvalue weighted by atomic mass is 9.50. The number of hydrogen-bond donors (Lipinski definition) is 4. The molecule has 3 aliphatic carbocycles. The molecule has 5 rings (SSSR count). The van der Waals surface area contributed by atoms with Crippen LogP contribution in [0.1, 0.15) is 60.5 Å². The molecule has 198 valence electrons. The number of aliphatic hydroxyl groups is 2. The second kappa shape index (κ2) is 8.68. The zero-order valence-corrected chi connectivity index (χ0v) is 21.2. The number of fused-ring (bicyclic) bond motifs is 3. The lowest BCUT2D eigenvalue weighted by molar-refractivity contribution is -0.189. The van der Waals surface area contributed by atoms with Crippen LogP contribution in [-0.4, -0.2) is 56.1 Å². The van der Waals surface area contributed by atoms with E-state index < -0.39 is 76.8 Å². The average molecular weight is 520 g/mol. The first-order valence-electron chi connectivity index (χ1n) is 12.6. The Hall–Kier alpha value is -3.69. The quantitative estimate of drug-likeness (QED) is 0.443. The van der Waals surface area contributed by atoms with E-state index in [-0.39, 0.29) is 11.3 Å². The van der Waals surface area contributed by atoms with Gasteiger partial charge in [-0.25, -0.2) is 0 Å². The number of phenols is 1. The van der Waals surface area contributed by atoms with Crippen LogP contribution in [0.15, 0.2) is 36.4 Å². The number of nitrogens with two attached hydrogens (primary N) is 1. The molecule has 9 nitrogen and oxygen atoms in total. The Bertz CT molecular complexity index is 1410. The predicted octanol–water partition coefficient (Wildman–Crippen LogP) is 1.65. The Balaban J connectivity index is 1.67. The highest BCUT2D eigenvalue weighted by atomic mass is 16.3. The standard InChI is InChI=1S/C29H29NO8/c1-11(2)13-4-6-14(7-5-13)15-8-9-17(31)21-19(15)12(3)20-23(25(21)34)27(36)29(38)16(24(20)33)10-18(32)22(26(29)35)28(30)37/h4-9,11-12,16,20,22-24,31,33,38H,10H2,1-3H3,(H2,30,37)/t12-,16+,20+,22?,23?,24+,29+/m0/s1. The largest absolute Gasteiger partial charge is 0.507 e. The highest BCUT2D eigenvalue weighted by molar-refractivity contribution is 6.31. The highest BCUT2D eigenvalue weighted by Crippen LogP contribution is 2.55. The van der Waals surface area contributed by atoms with Gasteiger partial charge in [0.15, 0.2) is 34.7 Å². The summed E-state index contributed by atoms with van der Waals surface area (Å²) >= 11 is 0. The summed E-state index contributed by atoms with van der Waals surface area (Å²) in [6.45, 7) is 5.83. The number of carbonyl (C=O) groups excluding carboxylic acids is 5. The first-order valence-corrected chi connectivity index (χ1v) is 12.6. The molecule has 2 fully saturated rings. The van der Waals surface area contributed by atoms with Gasteiger partial charge in [-0.1, -0.05) is 51.1 Å². The summed E-state index contributed by atoms with van der Waals surface area (Å²) in [4.78, 5) is 65.1. The van der Waals surface area contributed by atoms with Gasteiger partial charge in [0.2, 0.25) is 5.91 Å². The lowest BCUT2D eigenvalue weighted by Crippen LogP contribution is -2.72. The molecule has 0 heterocycles. The van der Waals surface area contributed by atoms with Crippen LogP contribution in [0.3, 0.4) is 0 Å². The minimum atomic E-state index is -2.93. The van der Waals surface area contributed by atoms with Crippen molar-refractivity contribution in [3.63, 3.8) is 0 Å². The molecule has 0 aromatic heterocycles. The van der Waals surface area contributed by atoms with Gasteiger partial charge >= 0.3 is 0 Å². The van der Waals surface area contributed by atoms with Crippen LogP contribution in [0.2, 0.25) is 0 Å². The summed E-state index contributed by atoms with van der Waals surface area (Å²) in [6.07, 6.45) is -2.22. The van der Waals surface area contributed by atoms with Crippen molar-refractivity contribution in [2.75, 3.05) is 0 Å². The van der Waals surface area contributed by atoms with E-state index in [1.807, 2.05) is 24.3 Å².